The molecule has 0 heterocycles. The summed E-state index contributed by atoms with van der Waals surface area (Å²) in [6.45, 7) is 15.4. The van der Waals surface area contributed by atoms with Crippen LogP contribution in [0, 0.1) is 5.92 Å². The van der Waals surface area contributed by atoms with Crippen molar-refractivity contribution in [3.05, 3.63) is 42.5 Å². The number of hydrogen-bond donors (Lipinski definition) is 3. The highest BCUT2D eigenvalue weighted by Gasteiger charge is 2.37. The Morgan fingerprint density at radius 3 is 2.43 bits per heavy atom. The van der Waals surface area contributed by atoms with Crippen molar-refractivity contribution in [1.29, 1.82) is 0 Å². The van der Waals surface area contributed by atoms with E-state index in [2.05, 4.69) is 24.1 Å². The molecule has 1 aromatic carbocycles. The summed E-state index contributed by atoms with van der Waals surface area (Å²) in [5, 5.41) is 15.7. The van der Waals surface area contributed by atoms with Gasteiger partial charge in [-0.1, -0.05) is 58.2 Å². The van der Waals surface area contributed by atoms with Crippen molar-refractivity contribution in [3.8, 4) is 5.75 Å². The minimum absolute atomic E-state index is 0.0114. The lowest BCUT2D eigenvalue weighted by molar-refractivity contribution is -0.142. The van der Waals surface area contributed by atoms with Crippen LogP contribution in [0.2, 0.25) is 0 Å². The van der Waals surface area contributed by atoms with E-state index < -0.39 is 29.7 Å². The average Bonchev–Trinajstić information content (AvgIpc) is 2.78. The van der Waals surface area contributed by atoms with E-state index in [9.17, 15) is 19.5 Å². The van der Waals surface area contributed by atoms with Crippen molar-refractivity contribution in [2.45, 2.75) is 84.9 Å². The second kappa shape index (κ2) is 14.4. The zero-order valence-electron chi connectivity index (χ0n) is 22.1. The predicted octanol–water partition coefficient (Wildman–Crippen LogP) is 4.69. The fraction of sp³-hybridized carbons (Fsp3) is 0.593. The smallest absolute Gasteiger partial charge is 0.408 e. The van der Waals surface area contributed by atoms with Crippen molar-refractivity contribution in [1.82, 2.24) is 15.5 Å². The van der Waals surface area contributed by atoms with Crippen LogP contribution in [-0.2, 0) is 14.3 Å². The number of amides is 3. The Balaban J connectivity index is 3.38. The second-order valence-corrected chi connectivity index (χ2v) is 9.78. The SMILES string of the molecule is C=CCN(C(=O)C(NC(=O)OC(C)(C)C)C(C)CC)C(C(=O)NCCCCC)c1cccc(O)c1. The standard InChI is InChI=1S/C27H43N3O5/c1-8-11-12-16-28-24(32)23(20-14-13-15-21(31)18-20)30(17-9-2)25(33)22(19(4)10-3)29-26(34)35-27(5,6)7/h9,13-15,18-19,22-23,31H,2,8,10-12,16-17H2,1,3-7H3,(H,28,32)(H,29,34). The van der Waals surface area contributed by atoms with Gasteiger partial charge in [0.15, 0.2) is 0 Å². The summed E-state index contributed by atoms with van der Waals surface area (Å²) in [6, 6.07) is 4.37. The molecule has 196 valence electrons. The van der Waals surface area contributed by atoms with Gasteiger partial charge in [-0.05, 0) is 50.8 Å². The average molecular weight is 490 g/mol. The molecule has 3 atom stereocenters. The number of alkyl carbamates (subject to hydrolysis) is 1. The van der Waals surface area contributed by atoms with Crippen LogP contribution in [0.25, 0.3) is 0 Å². The summed E-state index contributed by atoms with van der Waals surface area (Å²) >= 11 is 0. The Morgan fingerprint density at radius 1 is 1.20 bits per heavy atom. The lowest BCUT2D eigenvalue weighted by Crippen LogP contribution is -2.55. The topological polar surface area (TPSA) is 108 Å². The summed E-state index contributed by atoms with van der Waals surface area (Å²) in [7, 11) is 0. The molecule has 3 amide bonds. The highest BCUT2D eigenvalue weighted by Crippen LogP contribution is 2.27. The van der Waals surface area contributed by atoms with Gasteiger partial charge >= 0.3 is 6.09 Å². The van der Waals surface area contributed by atoms with Crippen molar-refractivity contribution in [2.24, 2.45) is 5.92 Å². The van der Waals surface area contributed by atoms with E-state index in [-0.39, 0.29) is 24.1 Å². The largest absolute Gasteiger partial charge is 0.508 e. The first-order chi connectivity index (χ1) is 16.4. The molecular formula is C27H43N3O5. The molecule has 8 heteroatoms. The van der Waals surface area contributed by atoms with Gasteiger partial charge in [-0.25, -0.2) is 4.79 Å². The minimum atomic E-state index is -1.01. The molecule has 8 nitrogen and oxygen atoms in total. The van der Waals surface area contributed by atoms with Gasteiger partial charge in [-0.15, -0.1) is 6.58 Å². The molecule has 0 saturated heterocycles. The Bertz CT molecular complexity index is 849. The third kappa shape index (κ3) is 10.0. The first-order valence-corrected chi connectivity index (χ1v) is 12.4. The van der Waals surface area contributed by atoms with Gasteiger partial charge in [-0.2, -0.15) is 0 Å². The molecule has 0 aromatic heterocycles. The number of phenolic OH excluding ortho intramolecular Hbond substituents is 1. The normalized spacial score (nSPS) is 13.8. The first-order valence-electron chi connectivity index (χ1n) is 12.4. The zero-order chi connectivity index (χ0) is 26.6. The van der Waals surface area contributed by atoms with Gasteiger partial charge in [0.2, 0.25) is 11.8 Å². The lowest BCUT2D eigenvalue weighted by Gasteiger charge is -2.35. The molecule has 0 aliphatic carbocycles. The molecule has 0 aliphatic heterocycles. The number of aromatic hydroxyl groups is 1. The van der Waals surface area contributed by atoms with Crippen LogP contribution in [0.5, 0.6) is 5.75 Å². The molecule has 1 aromatic rings. The van der Waals surface area contributed by atoms with Crippen molar-refractivity contribution in [2.75, 3.05) is 13.1 Å². The molecule has 0 aliphatic rings. The van der Waals surface area contributed by atoms with Gasteiger partial charge in [0.1, 0.15) is 23.4 Å². The molecule has 35 heavy (non-hydrogen) atoms. The number of carbonyl (C=O) groups is 3. The second-order valence-electron chi connectivity index (χ2n) is 9.78. The molecule has 3 unspecified atom stereocenters. The maximum atomic E-state index is 13.9. The van der Waals surface area contributed by atoms with Crippen molar-refractivity contribution in [3.63, 3.8) is 0 Å². The van der Waals surface area contributed by atoms with E-state index >= 15 is 0 Å². The van der Waals surface area contributed by atoms with Gasteiger partial charge in [0.05, 0.1) is 0 Å². The molecule has 0 bridgehead atoms. The Morgan fingerprint density at radius 2 is 1.89 bits per heavy atom. The van der Waals surface area contributed by atoms with Crippen LogP contribution in [0.3, 0.4) is 0 Å². The Labute approximate surface area is 210 Å². The molecule has 0 radical (unpaired) electrons. The summed E-state index contributed by atoms with van der Waals surface area (Å²) in [5.74, 6) is -1.02. The summed E-state index contributed by atoms with van der Waals surface area (Å²) < 4.78 is 5.38. The fourth-order valence-electron chi connectivity index (χ4n) is 3.61. The third-order valence-electron chi connectivity index (χ3n) is 5.59. The molecule has 1 rings (SSSR count). The predicted molar refractivity (Wildman–Crippen MR) is 138 cm³/mol. The monoisotopic (exact) mass is 489 g/mol. The Kier molecular flexibility index (Phi) is 12.3. The maximum Gasteiger partial charge on any atom is 0.408 e. The number of hydrogen-bond acceptors (Lipinski definition) is 5. The number of unbranched alkanes of at least 4 members (excludes halogenated alkanes) is 2. The third-order valence-corrected chi connectivity index (χ3v) is 5.59. The minimum Gasteiger partial charge on any atom is -0.508 e. The number of benzene rings is 1. The van der Waals surface area contributed by atoms with Crippen LogP contribution in [0.15, 0.2) is 36.9 Å². The van der Waals surface area contributed by atoms with E-state index in [0.717, 1.165) is 19.3 Å². The summed E-state index contributed by atoms with van der Waals surface area (Å²) in [5.41, 5.74) is -0.260. The first kappa shape index (κ1) is 30.0. The van der Waals surface area contributed by atoms with E-state index in [1.165, 1.54) is 17.0 Å². The van der Waals surface area contributed by atoms with E-state index in [1.54, 1.807) is 39.0 Å². The van der Waals surface area contributed by atoms with Gasteiger partial charge in [0.25, 0.3) is 0 Å². The van der Waals surface area contributed by atoms with Crippen LogP contribution < -0.4 is 10.6 Å². The van der Waals surface area contributed by atoms with Crippen molar-refractivity contribution >= 4 is 17.9 Å². The van der Waals surface area contributed by atoms with Gasteiger partial charge in [-0.3, -0.25) is 9.59 Å². The highest BCUT2D eigenvalue weighted by molar-refractivity contribution is 5.92. The number of carbonyl (C=O) groups excluding carboxylic acids is 3. The molecule has 0 fully saturated rings. The van der Waals surface area contributed by atoms with E-state index in [1.807, 2.05) is 13.8 Å². The molecule has 0 spiro atoms. The van der Waals surface area contributed by atoms with Gasteiger partial charge in [0, 0.05) is 13.1 Å². The van der Waals surface area contributed by atoms with Crippen LogP contribution in [-0.4, -0.2) is 52.6 Å². The summed E-state index contributed by atoms with van der Waals surface area (Å²) in [6.07, 6.45) is 4.27. The Hall–Kier alpha value is -3.03. The lowest BCUT2D eigenvalue weighted by atomic mass is 9.95. The van der Waals surface area contributed by atoms with Crippen LogP contribution >= 0.6 is 0 Å². The van der Waals surface area contributed by atoms with Crippen molar-refractivity contribution < 1.29 is 24.2 Å². The fourth-order valence-corrected chi connectivity index (χ4v) is 3.61. The zero-order valence-corrected chi connectivity index (χ0v) is 22.1. The number of nitrogens with zero attached hydrogens (tertiary/aromatic N) is 1. The number of rotatable bonds is 13. The van der Waals surface area contributed by atoms with E-state index in [0.29, 0.717) is 18.5 Å². The van der Waals surface area contributed by atoms with Crippen LogP contribution in [0.1, 0.15) is 78.8 Å². The number of phenols is 1. The number of ether oxygens (including phenoxy) is 1. The quantitative estimate of drug-likeness (QED) is 0.275. The van der Waals surface area contributed by atoms with Crippen LogP contribution in [0.4, 0.5) is 4.79 Å². The number of nitrogens with one attached hydrogen (secondary N) is 2. The van der Waals surface area contributed by atoms with Gasteiger partial charge < -0.3 is 25.4 Å². The van der Waals surface area contributed by atoms with E-state index in [4.69, 9.17) is 4.74 Å². The molecule has 3 N–H and O–H groups in total. The molecular weight excluding hydrogens is 446 g/mol. The summed E-state index contributed by atoms with van der Waals surface area (Å²) in [4.78, 5) is 41.2. The maximum absolute atomic E-state index is 13.9. The molecule has 0 saturated carbocycles. The highest BCUT2D eigenvalue weighted by atomic mass is 16.6.